The molecule has 1 aliphatic heterocycles. The lowest BCUT2D eigenvalue weighted by Crippen LogP contribution is -2.34. The molecule has 0 aromatic heterocycles. The maximum absolute atomic E-state index is 2.48. The van der Waals surface area contributed by atoms with Gasteiger partial charge in [0.25, 0.3) is 0 Å². The van der Waals surface area contributed by atoms with E-state index in [-0.39, 0.29) is 0 Å². The zero-order chi connectivity index (χ0) is 11.3. The number of hydrogen-bond donors (Lipinski definition) is 0. The molecule has 90 valence electrons. The lowest BCUT2D eigenvalue weighted by molar-refractivity contribution is 0.234. The second-order valence-electron chi connectivity index (χ2n) is 5.08. The van der Waals surface area contributed by atoms with Crippen LogP contribution in [-0.2, 0) is 0 Å². The second kappa shape index (κ2) is 6.46. The minimum atomic E-state index is 0.895. The molecule has 1 saturated heterocycles. The van der Waals surface area contributed by atoms with Crippen molar-refractivity contribution in [1.29, 1.82) is 0 Å². The Morgan fingerprint density at radius 1 is 1.20 bits per heavy atom. The first-order valence-electron chi connectivity index (χ1n) is 6.17. The molecule has 3 heteroatoms. The highest BCUT2D eigenvalue weighted by Gasteiger charge is 2.20. The summed E-state index contributed by atoms with van der Waals surface area (Å²) in [7, 11) is 6.67. The number of likely N-dealkylation sites (N-methyl/N-ethyl adjacent to an activating group) is 2. The third-order valence-corrected chi connectivity index (χ3v) is 3.46. The molecule has 0 bridgehead atoms. The van der Waals surface area contributed by atoms with Crippen LogP contribution in [0.2, 0.25) is 0 Å². The Morgan fingerprint density at radius 2 is 1.87 bits per heavy atom. The van der Waals surface area contributed by atoms with E-state index in [9.17, 15) is 0 Å². The summed E-state index contributed by atoms with van der Waals surface area (Å²) in [5.74, 6) is 0.895. The summed E-state index contributed by atoms with van der Waals surface area (Å²) >= 11 is 0. The van der Waals surface area contributed by atoms with E-state index >= 15 is 0 Å². The molecule has 0 aromatic rings. The van der Waals surface area contributed by atoms with Crippen LogP contribution in [0.1, 0.15) is 13.3 Å². The third-order valence-electron chi connectivity index (χ3n) is 3.46. The molecule has 0 aromatic carbocycles. The summed E-state index contributed by atoms with van der Waals surface area (Å²) in [5, 5.41) is 0. The molecule has 15 heavy (non-hydrogen) atoms. The van der Waals surface area contributed by atoms with Gasteiger partial charge >= 0.3 is 0 Å². The highest BCUT2D eigenvalue weighted by atomic mass is 15.2. The van der Waals surface area contributed by atoms with Crippen LogP contribution < -0.4 is 0 Å². The van der Waals surface area contributed by atoms with Gasteiger partial charge in [-0.1, -0.05) is 6.92 Å². The summed E-state index contributed by atoms with van der Waals surface area (Å²) in [6, 6.07) is 0. The van der Waals surface area contributed by atoms with Gasteiger partial charge in [0.05, 0.1) is 0 Å². The fraction of sp³-hybridized carbons (Fsp3) is 1.00. The highest BCUT2D eigenvalue weighted by molar-refractivity contribution is 4.75. The molecule has 0 amide bonds. The van der Waals surface area contributed by atoms with Crippen LogP contribution in [0.3, 0.4) is 0 Å². The molecular formula is C12H27N3. The minimum absolute atomic E-state index is 0.895. The molecule has 1 heterocycles. The van der Waals surface area contributed by atoms with E-state index in [0.717, 1.165) is 12.5 Å². The molecule has 1 atom stereocenters. The maximum Gasteiger partial charge on any atom is 0.0106 e. The molecule has 1 fully saturated rings. The Morgan fingerprint density at radius 3 is 2.40 bits per heavy atom. The average molecular weight is 213 g/mol. The highest BCUT2D eigenvalue weighted by Crippen LogP contribution is 2.14. The van der Waals surface area contributed by atoms with Crippen molar-refractivity contribution in [2.24, 2.45) is 5.92 Å². The first kappa shape index (κ1) is 12.9. The smallest absolute Gasteiger partial charge is 0.0106 e. The summed E-state index contributed by atoms with van der Waals surface area (Å²) in [4.78, 5) is 7.30. The van der Waals surface area contributed by atoms with Gasteiger partial charge in [-0.15, -0.1) is 0 Å². The average Bonchev–Trinajstić information content (AvgIpc) is 2.60. The van der Waals surface area contributed by atoms with Gasteiger partial charge < -0.3 is 14.7 Å². The molecule has 0 saturated carbocycles. The molecule has 1 unspecified atom stereocenters. The molecule has 1 rings (SSSR count). The van der Waals surface area contributed by atoms with Crippen LogP contribution in [0.5, 0.6) is 0 Å². The van der Waals surface area contributed by atoms with Crippen molar-refractivity contribution in [3.8, 4) is 0 Å². The van der Waals surface area contributed by atoms with E-state index in [4.69, 9.17) is 0 Å². The van der Waals surface area contributed by atoms with E-state index in [1.807, 2.05) is 0 Å². The van der Waals surface area contributed by atoms with Crippen LogP contribution in [0.4, 0.5) is 0 Å². The Labute approximate surface area is 95.0 Å². The fourth-order valence-corrected chi connectivity index (χ4v) is 2.21. The monoisotopic (exact) mass is 213 g/mol. The molecule has 0 spiro atoms. The number of rotatable bonds is 6. The number of hydrogen-bond acceptors (Lipinski definition) is 3. The van der Waals surface area contributed by atoms with Crippen LogP contribution in [0.25, 0.3) is 0 Å². The molecule has 0 N–H and O–H groups in total. The molecular weight excluding hydrogens is 186 g/mol. The van der Waals surface area contributed by atoms with Crippen LogP contribution in [-0.4, -0.2) is 75.1 Å². The molecule has 3 nitrogen and oxygen atoms in total. The van der Waals surface area contributed by atoms with Gasteiger partial charge in [0.2, 0.25) is 0 Å². The summed E-state index contributed by atoms with van der Waals surface area (Å²) in [5.41, 5.74) is 0. The molecule has 0 radical (unpaired) electrons. The van der Waals surface area contributed by atoms with Gasteiger partial charge in [0.1, 0.15) is 0 Å². The van der Waals surface area contributed by atoms with Gasteiger partial charge in [-0.3, -0.25) is 0 Å². The van der Waals surface area contributed by atoms with Crippen molar-refractivity contribution in [1.82, 2.24) is 14.7 Å². The Kier molecular flexibility index (Phi) is 5.58. The van der Waals surface area contributed by atoms with E-state index in [0.29, 0.717) is 0 Å². The van der Waals surface area contributed by atoms with Gasteiger partial charge in [-0.2, -0.15) is 0 Å². The molecule has 1 aliphatic rings. The van der Waals surface area contributed by atoms with Gasteiger partial charge in [-0.25, -0.2) is 0 Å². The van der Waals surface area contributed by atoms with Gasteiger partial charge in [0.15, 0.2) is 0 Å². The lowest BCUT2D eigenvalue weighted by atomic mass is 10.1. The van der Waals surface area contributed by atoms with Crippen molar-refractivity contribution in [2.45, 2.75) is 13.3 Å². The van der Waals surface area contributed by atoms with Crippen LogP contribution in [0, 0.1) is 5.92 Å². The number of nitrogens with zero attached hydrogens (tertiary/aromatic N) is 3. The van der Waals surface area contributed by atoms with E-state index in [2.05, 4.69) is 42.8 Å². The van der Waals surface area contributed by atoms with Crippen molar-refractivity contribution in [3.63, 3.8) is 0 Å². The quantitative estimate of drug-likeness (QED) is 0.647. The molecule has 0 aliphatic carbocycles. The van der Waals surface area contributed by atoms with Gasteiger partial charge in [-0.05, 0) is 46.6 Å². The summed E-state index contributed by atoms with van der Waals surface area (Å²) in [6.45, 7) is 9.59. The first-order valence-corrected chi connectivity index (χ1v) is 6.17. The fourth-order valence-electron chi connectivity index (χ4n) is 2.21. The normalized spacial score (nSPS) is 23.2. The predicted octanol–water partition coefficient (Wildman–Crippen LogP) is 0.822. The summed E-state index contributed by atoms with van der Waals surface area (Å²) in [6.07, 6.45) is 1.38. The predicted molar refractivity (Wildman–Crippen MR) is 66.3 cm³/mol. The third kappa shape index (κ3) is 4.96. The zero-order valence-corrected chi connectivity index (χ0v) is 10.9. The lowest BCUT2D eigenvalue weighted by Gasteiger charge is -2.23. The largest absolute Gasteiger partial charge is 0.306 e. The van der Waals surface area contributed by atoms with Crippen molar-refractivity contribution in [3.05, 3.63) is 0 Å². The van der Waals surface area contributed by atoms with Gasteiger partial charge in [0, 0.05) is 26.2 Å². The first-order chi connectivity index (χ1) is 7.11. The van der Waals surface area contributed by atoms with E-state index in [1.165, 1.54) is 39.1 Å². The Balaban J connectivity index is 2.10. The van der Waals surface area contributed by atoms with Crippen molar-refractivity contribution >= 4 is 0 Å². The van der Waals surface area contributed by atoms with Crippen molar-refractivity contribution < 1.29 is 0 Å². The van der Waals surface area contributed by atoms with E-state index in [1.54, 1.807) is 0 Å². The summed E-state index contributed by atoms with van der Waals surface area (Å²) < 4.78 is 0. The Bertz CT molecular complexity index is 172. The Hall–Kier alpha value is -0.120. The van der Waals surface area contributed by atoms with Crippen LogP contribution >= 0.6 is 0 Å². The van der Waals surface area contributed by atoms with Crippen LogP contribution in [0.15, 0.2) is 0 Å². The topological polar surface area (TPSA) is 9.72 Å². The SMILES string of the molecule is CCN(C)CCN(C)CC1CCN(C)C1. The number of likely N-dealkylation sites (tertiary alicyclic amines) is 1. The second-order valence-corrected chi connectivity index (χ2v) is 5.08. The van der Waals surface area contributed by atoms with E-state index < -0.39 is 0 Å². The minimum Gasteiger partial charge on any atom is -0.306 e. The van der Waals surface area contributed by atoms with Crippen molar-refractivity contribution in [2.75, 3.05) is 60.4 Å². The maximum atomic E-state index is 2.48. The standard InChI is InChI=1S/C12H27N3/c1-5-13(2)8-9-15(4)11-12-6-7-14(3)10-12/h12H,5-11H2,1-4H3. The zero-order valence-electron chi connectivity index (χ0n) is 10.9.